The lowest BCUT2D eigenvalue weighted by Gasteiger charge is -2.06. The second-order valence-electron chi connectivity index (χ2n) is 3.02. The largest absolute Gasteiger partial charge is 0.314 e. The van der Waals surface area contributed by atoms with Crippen molar-refractivity contribution in [1.82, 2.24) is 4.57 Å². The van der Waals surface area contributed by atoms with Gasteiger partial charge in [-0.05, 0) is 68.9 Å². The van der Waals surface area contributed by atoms with Crippen LogP contribution in [0.5, 0.6) is 0 Å². The van der Waals surface area contributed by atoms with E-state index < -0.39 is 0 Å². The van der Waals surface area contributed by atoms with Crippen LogP contribution in [0.4, 0.5) is 0 Å². The molecule has 15 heavy (non-hydrogen) atoms. The van der Waals surface area contributed by atoms with Gasteiger partial charge in [-0.15, -0.1) is 0 Å². The van der Waals surface area contributed by atoms with E-state index in [1.807, 2.05) is 35.0 Å². The Balaban J connectivity index is 2.54. The van der Waals surface area contributed by atoms with Crippen LogP contribution in [0, 0.1) is 3.57 Å². The molecule has 0 saturated heterocycles. The van der Waals surface area contributed by atoms with Gasteiger partial charge in [0.05, 0.1) is 5.69 Å². The summed E-state index contributed by atoms with van der Waals surface area (Å²) >= 11 is 5.69. The molecule has 0 aliphatic heterocycles. The first-order valence-electron chi connectivity index (χ1n) is 4.30. The minimum atomic E-state index is 0.660. The second-order valence-corrected chi connectivity index (χ2v) is 5.04. The van der Waals surface area contributed by atoms with E-state index in [0.717, 1.165) is 20.0 Å². The molecule has 2 aromatic rings. The molecule has 1 aromatic heterocycles. The maximum atomic E-state index is 10.8. The minimum absolute atomic E-state index is 0.660. The highest BCUT2D eigenvalue weighted by molar-refractivity contribution is 14.1. The molecule has 0 saturated carbocycles. The SMILES string of the molecule is O=Cc1cccn1-c1ccc(Br)c(I)c1. The number of carbonyl (C=O) groups is 1. The normalized spacial score (nSPS) is 10.3. The van der Waals surface area contributed by atoms with Gasteiger partial charge >= 0.3 is 0 Å². The second kappa shape index (κ2) is 4.49. The smallest absolute Gasteiger partial charge is 0.166 e. The third kappa shape index (κ3) is 2.15. The van der Waals surface area contributed by atoms with Crippen molar-refractivity contribution in [3.63, 3.8) is 0 Å². The lowest BCUT2D eigenvalue weighted by molar-refractivity contribution is 0.111. The number of hydrogen-bond acceptors (Lipinski definition) is 1. The summed E-state index contributed by atoms with van der Waals surface area (Å²) in [4.78, 5) is 10.8. The highest BCUT2D eigenvalue weighted by Crippen LogP contribution is 2.22. The van der Waals surface area contributed by atoms with Crippen LogP contribution in [0.15, 0.2) is 41.0 Å². The number of nitrogens with zero attached hydrogens (tertiary/aromatic N) is 1. The van der Waals surface area contributed by atoms with Crippen LogP contribution in [0.1, 0.15) is 10.5 Å². The Labute approximate surface area is 110 Å². The van der Waals surface area contributed by atoms with E-state index in [4.69, 9.17) is 0 Å². The molecule has 0 unspecified atom stereocenters. The van der Waals surface area contributed by atoms with Crippen molar-refractivity contribution in [2.75, 3.05) is 0 Å². The number of benzene rings is 1. The van der Waals surface area contributed by atoms with Crippen LogP contribution in [-0.2, 0) is 0 Å². The molecule has 0 bridgehead atoms. The van der Waals surface area contributed by atoms with Crippen LogP contribution in [0.2, 0.25) is 0 Å². The zero-order valence-corrected chi connectivity index (χ0v) is 11.4. The first-order valence-corrected chi connectivity index (χ1v) is 6.17. The van der Waals surface area contributed by atoms with Crippen molar-refractivity contribution in [3.8, 4) is 5.69 Å². The van der Waals surface area contributed by atoms with Gasteiger partial charge in [-0.25, -0.2) is 0 Å². The van der Waals surface area contributed by atoms with Gasteiger partial charge in [-0.2, -0.15) is 0 Å². The van der Waals surface area contributed by atoms with Gasteiger partial charge in [0.25, 0.3) is 0 Å². The summed E-state index contributed by atoms with van der Waals surface area (Å²) in [5.41, 5.74) is 1.66. The van der Waals surface area contributed by atoms with Gasteiger partial charge in [0.2, 0.25) is 0 Å². The summed E-state index contributed by atoms with van der Waals surface area (Å²) in [5.74, 6) is 0. The predicted molar refractivity (Wildman–Crippen MR) is 71.6 cm³/mol. The van der Waals surface area contributed by atoms with Gasteiger partial charge in [-0.3, -0.25) is 4.79 Å². The molecule has 0 fully saturated rings. The van der Waals surface area contributed by atoms with Crippen LogP contribution in [0.25, 0.3) is 5.69 Å². The molecule has 0 radical (unpaired) electrons. The fraction of sp³-hybridized carbons (Fsp3) is 0. The average Bonchev–Trinajstić information content (AvgIpc) is 2.70. The zero-order valence-electron chi connectivity index (χ0n) is 7.65. The summed E-state index contributed by atoms with van der Waals surface area (Å²) in [5, 5.41) is 0. The quantitative estimate of drug-likeness (QED) is 0.580. The number of hydrogen-bond donors (Lipinski definition) is 0. The Bertz CT molecular complexity index is 507. The molecule has 1 aromatic carbocycles. The number of rotatable bonds is 2. The van der Waals surface area contributed by atoms with E-state index in [-0.39, 0.29) is 0 Å². The minimum Gasteiger partial charge on any atom is -0.314 e. The Hall–Kier alpha value is -0.620. The van der Waals surface area contributed by atoms with Gasteiger partial charge in [0.1, 0.15) is 0 Å². The maximum absolute atomic E-state index is 10.8. The number of halogens is 2. The summed E-state index contributed by atoms with van der Waals surface area (Å²) in [7, 11) is 0. The van der Waals surface area contributed by atoms with Gasteiger partial charge < -0.3 is 4.57 Å². The van der Waals surface area contributed by atoms with E-state index in [1.54, 1.807) is 6.07 Å². The first kappa shape index (κ1) is 10.9. The monoisotopic (exact) mass is 375 g/mol. The topological polar surface area (TPSA) is 22.0 Å². The van der Waals surface area contributed by atoms with Crippen molar-refractivity contribution < 1.29 is 4.79 Å². The van der Waals surface area contributed by atoms with Gasteiger partial charge in [0.15, 0.2) is 6.29 Å². The van der Waals surface area contributed by atoms with Gasteiger partial charge in [-0.1, -0.05) is 0 Å². The Kier molecular flexibility index (Phi) is 3.25. The van der Waals surface area contributed by atoms with Crippen molar-refractivity contribution in [3.05, 3.63) is 50.3 Å². The van der Waals surface area contributed by atoms with Crippen molar-refractivity contribution in [2.45, 2.75) is 0 Å². The zero-order chi connectivity index (χ0) is 10.8. The molecular formula is C11H7BrINO. The molecule has 2 rings (SSSR count). The van der Waals surface area contributed by atoms with Crippen LogP contribution in [-0.4, -0.2) is 10.9 Å². The molecule has 4 heteroatoms. The van der Waals surface area contributed by atoms with Crippen LogP contribution >= 0.6 is 38.5 Å². The molecule has 0 amide bonds. The third-order valence-corrected chi connectivity index (χ3v) is 4.41. The summed E-state index contributed by atoms with van der Waals surface area (Å²) in [6.07, 6.45) is 2.73. The molecule has 76 valence electrons. The van der Waals surface area contributed by atoms with Crippen molar-refractivity contribution >= 4 is 44.8 Å². The number of aldehydes is 1. The number of aromatic nitrogens is 1. The number of carbonyl (C=O) groups excluding carboxylic acids is 1. The van der Waals surface area contributed by atoms with Crippen molar-refractivity contribution in [2.24, 2.45) is 0 Å². The van der Waals surface area contributed by atoms with Crippen molar-refractivity contribution in [1.29, 1.82) is 0 Å². The van der Waals surface area contributed by atoms with E-state index in [0.29, 0.717) is 5.69 Å². The highest BCUT2D eigenvalue weighted by Gasteiger charge is 2.03. The van der Waals surface area contributed by atoms with Crippen LogP contribution < -0.4 is 0 Å². The molecule has 0 N–H and O–H groups in total. The van der Waals surface area contributed by atoms with E-state index in [9.17, 15) is 4.79 Å². The molecule has 0 spiro atoms. The van der Waals surface area contributed by atoms with E-state index >= 15 is 0 Å². The molecule has 0 atom stereocenters. The highest BCUT2D eigenvalue weighted by atomic mass is 127. The lowest BCUT2D eigenvalue weighted by Crippen LogP contribution is -1.97. The Morgan fingerprint density at radius 1 is 1.33 bits per heavy atom. The Morgan fingerprint density at radius 2 is 2.13 bits per heavy atom. The molecular weight excluding hydrogens is 369 g/mol. The maximum Gasteiger partial charge on any atom is 0.166 e. The average molecular weight is 376 g/mol. The summed E-state index contributed by atoms with van der Waals surface area (Å²) in [6, 6.07) is 9.63. The molecule has 0 aliphatic rings. The molecule has 0 aliphatic carbocycles. The standard InChI is InChI=1S/C11H7BrINO/c12-10-4-3-8(6-11(10)13)14-5-1-2-9(14)7-15/h1-7H. The lowest BCUT2D eigenvalue weighted by atomic mass is 10.3. The predicted octanol–water partition coefficient (Wildman–Crippen LogP) is 3.66. The van der Waals surface area contributed by atoms with E-state index in [1.165, 1.54) is 0 Å². The van der Waals surface area contributed by atoms with Gasteiger partial charge in [0, 0.05) is 19.9 Å². The summed E-state index contributed by atoms with van der Waals surface area (Å²) in [6.45, 7) is 0. The molecule has 2 nitrogen and oxygen atoms in total. The Morgan fingerprint density at radius 3 is 2.80 bits per heavy atom. The summed E-state index contributed by atoms with van der Waals surface area (Å²) < 4.78 is 4.05. The van der Waals surface area contributed by atoms with E-state index in [2.05, 4.69) is 38.5 Å². The van der Waals surface area contributed by atoms with Crippen LogP contribution in [0.3, 0.4) is 0 Å². The fourth-order valence-electron chi connectivity index (χ4n) is 1.36. The molecule has 1 heterocycles. The first-order chi connectivity index (χ1) is 7.22. The fourth-order valence-corrected chi connectivity index (χ4v) is 2.11. The third-order valence-electron chi connectivity index (χ3n) is 2.08.